The lowest BCUT2D eigenvalue weighted by atomic mass is 9.97. The van der Waals surface area contributed by atoms with Crippen molar-refractivity contribution in [1.82, 2.24) is 35.2 Å². The number of rotatable bonds is 8. The highest BCUT2D eigenvalue weighted by Gasteiger charge is 2.53. The fourth-order valence-corrected chi connectivity index (χ4v) is 4.08. The third-order valence-corrected chi connectivity index (χ3v) is 5.48. The lowest BCUT2D eigenvalue weighted by Crippen LogP contribution is -2.60. The molecule has 5 unspecified atom stereocenters. The Bertz CT molecular complexity index is 1340. The van der Waals surface area contributed by atoms with Crippen molar-refractivity contribution in [2.75, 3.05) is 6.61 Å². The molecule has 0 bridgehead atoms. The summed E-state index contributed by atoms with van der Waals surface area (Å²) in [6.07, 6.45) is -6.44. The molecule has 0 radical (unpaired) electrons. The molecular formula is C22H25N7O9. The van der Waals surface area contributed by atoms with Crippen molar-refractivity contribution in [3.63, 3.8) is 0 Å². The first-order valence-electron chi connectivity index (χ1n) is 11.5. The van der Waals surface area contributed by atoms with Gasteiger partial charge in [0.2, 0.25) is 0 Å². The summed E-state index contributed by atoms with van der Waals surface area (Å²) >= 11 is 0. The summed E-state index contributed by atoms with van der Waals surface area (Å²) in [7, 11) is 0. The topological polar surface area (TPSA) is 189 Å². The van der Waals surface area contributed by atoms with E-state index in [2.05, 4.69) is 25.8 Å². The molecule has 1 aliphatic heterocycles. The molecule has 38 heavy (non-hydrogen) atoms. The third-order valence-electron chi connectivity index (χ3n) is 5.48. The SMILES string of the molecule is CC(=O)OCC1OC(n2nnnc2Cn2nnc3ccccc32)C(OC(C)=O)C(OC(C)=O)C1OC(C)=O. The van der Waals surface area contributed by atoms with Gasteiger partial charge in [-0.25, -0.2) is 4.68 Å². The van der Waals surface area contributed by atoms with E-state index < -0.39 is 54.5 Å². The Morgan fingerprint density at radius 2 is 1.50 bits per heavy atom. The maximum atomic E-state index is 12.1. The van der Waals surface area contributed by atoms with Gasteiger partial charge in [0, 0.05) is 27.7 Å². The fraction of sp³-hybridized carbons (Fsp3) is 0.500. The van der Waals surface area contributed by atoms with Gasteiger partial charge >= 0.3 is 23.9 Å². The standard InChI is InChI=1S/C22H25N7O9/c1-11(30)34-10-17-19(35-12(2)31)20(36-13(3)32)21(37-14(4)33)22(38-17)29-18(24-25-27-29)9-28-16-8-6-5-7-15(16)23-26-28/h5-8,17,19-22H,9-10H2,1-4H3. The molecule has 202 valence electrons. The smallest absolute Gasteiger partial charge is 0.303 e. The molecule has 0 N–H and O–H groups in total. The van der Waals surface area contributed by atoms with Crippen molar-refractivity contribution in [2.24, 2.45) is 0 Å². The monoisotopic (exact) mass is 531 g/mol. The number of nitrogens with zero attached hydrogens (tertiary/aromatic N) is 7. The molecule has 1 aromatic carbocycles. The first-order chi connectivity index (χ1) is 18.1. The summed E-state index contributed by atoms with van der Waals surface area (Å²) in [5.41, 5.74) is 1.36. The van der Waals surface area contributed by atoms with E-state index in [1.807, 2.05) is 18.2 Å². The summed E-state index contributed by atoms with van der Waals surface area (Å²) in [6.45, 7) is 4.28. The van der Waals surface area contributed by atoms with Crippen LogP contribution < -0.4 is 0 Å². The number of carbonyl (C=O) groups excluding carboxylic acids is 4. The van der Waals surface area contributed by atoms with Crippen molar-refractivity contribution < 1.29 is 42.9 Å². The third kappa shape index (κ3) is 5.91. The van der Waals surface area contributed by atoms with Crippen LogP contribution in [0.15, 0.2) is 24.3 Å². The zero-order chi connectivity index (χ0) is 27.4. The van der Waals surface area contributed by atoms with E-state index in [1.165, 1.54) is 11.6 Å². The van der Waals surface area contributed by atoms with Crippen LogP contribution in [0.25, 0.3) is 11.0 Å². The summed E-state index contributed by atoms with van der Waals surface area (Å²) in [5, 5.41) is 20.0. The molecule has 2 aromatic heterocycles. The van der Waals surface area contributed by atoms with Crippen LogP contribution in [0, 0.1) is 0 Å². The van der Waals surface area contributed by atoms with Crippen LogP contribution in [-0.2, 0) is 49.4 Å². The predicted molar refractivity (Wildman–Crippen MR) is 122 cm³/mol. The van der Waals surface area contributed by atoms with Crippen molar-refractivity contribution in [3.05, 3.63) is 30.1 Å². The molecule has 16 heteroatoms. The van der Waals surface area contributed by atoms with Crippen LogP contribution in [0.1, 0.15) is 39.7 Å². The Morgan fingerprint density at radius 1 is 0.842 bits per heavy atom. The average molecular weight is 531 g/mol. The van der Waals surface area contributed by atoms with Gasteiger partial charge < -0.3 is 23.7 Å². The summed E-state index contributed by atoms with van der Waals surface area (Å²) < 4.78 is 30.4. The number of esters is 4. The van der Waals surface area contributed by atoms with Crippen LogP contribution in [0.2, 0.25) is 0 Å². The highest BCUT2D eigenvalue weighted by molar-refractivity contribution is 5.74. The first-order valence-corrected chi connectivity index (χ1v) is 11.5. The van der Waals surface area contributed by atoms with Gasteiger partial charge in [0.15, 0.2) is 30.4 Å². The highest BCUT2D eigenvalue weighted by Crippen LogP contribution is 2.35. The molecule has 0 aliphatic carbocycles. The van der Waals surface area contributed by atoms with Gasteiger partial charge in [0.1, 0.15) is 24.8 Å². The Morgan fingerprint density at radius 3 is 2.18 bits per heavy atom. The lowest BCUT2D eigenvalue weighted by Gasteiger charge is -2.44. The molecule has 0 saturated carbocycles. The normalized spacial score (nSPS) is 23.0. The maximum absolute atomic E-state index is 12.1. The molecule has 1 aliphatic rings. The highest BCUT2D eigenvalue weighted by atomic mass is 16.7. The van der Waals surface area contributed by atoms with Gasteiger partial charge in [0.05, 0.1) is 5.52 Å². The minimum atomic E-state index is -1.36. The minimum Gasteiger partial charge on any atom is -0.463 e. The number of hydrogen-bond donors (Lipinski definition) is 0. The first kappa shape index (κ1) is 26.6. The van der Waals surface area contributed by atoms with Crippen LogP contribution in [0.4, 0.5) is 0 Å². The van der Waals surface area contributed by atoms with E-state index in [0.29, 0.717) is 11.0 Å². The molecule has 3 aromatic rings. The number of benzene rings is 1. The van der Waals surface area contributed by atoms with Crippen molar-refractivity contribution in [2.45, 2.75) is 64.9 Å². The number of ether oxygens (including phenoxy) is 5. The van der Waals surface area contributed by atoms with E-state index in [1.54, 1.807) is 10.7 Å². The van der Waals surface area contributed by atoms with Crippen molar-refractivity contribution in [3.8, 4) is 0 Å². The molecule has 16 nitrogen and oxygen atoms in total. The molecule has 1 fully saturated rings. The average Bonchev–Trinajstić information content (AvgIpc) is 3.47. The Hall–Kier alpha value is -4.47. The Balaban J connectivity index is 1.75. The number of aromatic nitrogens is 7. The van der Waals surface area contributed by atoms with Crippen LogP contribution >= 0.6 is 0 Å². The zero-order valence-electron chi connectivity index (χ0n) is 20.9. The molecule has 0 spiro atoms. The van der Waals surface area contributed by atoms with E-state index in [9.17, 15) is 19.2 Å². The Labute approximate surface area is 215 Å². The van der Waals surface area contributed by atoms with E-state index >= 15 is 0 Å². The van der Waals surface area contributed by atoms with Crippen molar-refractivity contribution in [1.29, 1.82) is 0 Å². The van der Waals surface area contributed by atoms with E-state index in [-0.39, 0.29) is 19.0 Å². The minimum absolute atomic E-state index is 0.0420. The van der Waals surface area contributed by atoms with Gasteiger partial charge in [-0.1, -0.05) is 17.3 Å². The van der Waals surface area contributed by atoms with Crippen LogP contribution in [0.3, 0.4) is 0 Å². The fourth-order valence-electron chi connectivity index (χ4n) is 4.08. The van der Waals surface area contributed by atoms with Gasteiger partial charge in [-0.05, 0) is 22.6 Å². The quantitative estimate of drug-likeness (QED) is 0.272. The van der Waals surface area contributed by atoms with Gasteiger partial charge in [-0.15, -0.1) is 10.2 Å². The molecule has 3 heterocycles. The number of hydrogen-bond acceptors (Lipinski definition) is 14. The molecule has 4 rings (SSSR count). The second kappa shape index (κ2) is 11.3. The number of carbonyl (C=O) groups is 4. The summed E-state index contributed by atoms with van der Waals surface area (Å²) in [5.74, 6) is -2.62. The number of para-hydroxylation sites is 1. The largest absolute Gasteiger partial charge is 0.463 e. The predicted octanol–water partition coefficient (Wildman–Crippen LogP) is -0.278. The van der Waals surface area contributed by atoms with Gasteiger partial charge in [0.25, 0.3) is 0 Å². The Kier molecular flexibility index (Phi) is 7.90. The molecule has 0 amide bonds. The van der Waals surface area contributed by atoms with Gasteiger partial charge in [-0.2, -0.15) is 4.68 Å². The molecular weight excluding hydrogens is 506 g/mol. The zero-order valence-corrected chi connectivity index (χ0v) is 20.9. The number of tetrazole rings is 1. The van der Waals surface area contributed by atoms with Crippen LogP contribution in [0.5, 0.6) is 0 Å². The van der Waals surface area contributed by atoms with E-state index in [0.717, 1.165) is 20.8 Å². The lowest BCUT2D eigenvalue weighted by molar-refractivity contribution is -0.271. The van der Waals surface area contributed by atoms with E-state index in [4.69, 9.17) is 23.7 Å². The molecule has 5 atom stereocenters. The second-order valence-electron chi connectivity index (χ2n) is 8.37. The van der Waals surface area contributed by atoms with Crippen LogP contribution in [-0.4, -0.2) is 90.1 Å². The summed E-state index contributed by atoms with van der Waals surface area (Å²) in [4.78, 5) is 47.6. The second-order valence-corrected chi connectivity index (χ2v) is 8.37. The van der Waals surface area contributed by atoms with Crippen molar-refractivity contribution >= 4 is 34.9 Å². The number of fused-ring (bicyclic) bond motifs is 1. The van der Waals surface area contributed by atoms with Gasteiger partial charge in [-0.3, -0.25) is 19.2 Å². The molecule has 1 saturated heterocycles. The maximum Gasteiger partial charge on any atom is 0.303 e. The summed E-state index contributed by atoms with van der Waals surface area (Å²) in [6, 6.07) is 7.26.